The Bertz CT molecular complexity index is 611. The summed E-state index contributed by atoms with van der Waals surface area (Å²) in [5, 5.41) is 2.78. The molecule has 2 aromatic rings. The molecule has 2 aromatic carbocycles. The first-order valence-electron chi connectivity index (χ1n) is 7.58. The van der Waals surface area contributed by atoms with Crippen LogP contribution in [-0.2, 0) is 4.79 Å². The van der Waals surface area contributed by atoms with Crippen LogP contribution in [0.25, 0.3) is 0 Å². The lowest BCUT2D eigenvalue weighted by Crippen LogP contribution is -2.20. The molecule has 2 rings (SSSR count). The molecule has 4 nitrogen and oxygen atoms in total. The molecule has 0 spiro atoms. The molecule has 0 saturated carbocycles. The number of carbonyl (C=O) groups is 1. The van der Waals surface area contributed by atoms with Crippen molar-refractivity contribution in [3.63, 3.8) is 0 Å². The van der Waals surface area contributed by atoms with Gasteiger partial charge in [-0.05, 0) is 55.0 Å². The third-order valence-electron chi connectivity index (χ3n) is 3.09. The predicted octanol–water partition coefficient (Wildman–Crippen LogP) is 4.65. The molecule has 0 bridgehead atoms. The molecular formula is C18H20BrNO3. The van der Waals surface area contributed by atoms with Crippen molar-refractivity contribution in [1.29, 1.82) is 0 Å². The predicted molar refractivity (Wildman–Crippen MR) is 95.1 cm³/mol. The first kappa shape index (κ1) is 17.3. The molecule has 0 unspecified atom stereocenters. The van der Waals surface area contributed by atoms with E-state index < -0.39 is 0 Å². The van der Waals surface area contributed by atoms with E-state index in [1.807, 2.05) is 36.4 Å². The average molecular weight is 378 g/mol. The summed E-state index contributed by atoms with van der Waals surface area (Å²) in [5.41, 5.74) is 0.737. The SMILES string of the molecule is CCCCOc1ccc(OCC(=O)Nc2ccc(Br)cc2)cc1. The van der Waals surface area contributed by atoms with Crippen LogP contribution in [0.5, 0.6) is 11.5 Å². The summed E-state index contributed by atoms with van der Waals surface area (Å²) in [5.74, 6) is 1.25. The van der Waals surface area contributed by atoms with Gasteiger partial charge < -0.3 is 14.8 Å². The van der Waals surface area contributed by atoms with Gasteiger partial charge in [-0.15, -0.1) is 0 Å². The van der Waals surface area contributed by atoms with Crippen molar-refractivity contribution in [3.05, 3.63) is 53.0 Å². The van der Waals surface area contributed by atoms with Gasteiger partial charge in [-0.25, -0.2) is 0 Å². The Kier molecular flexibility index (Phi) is 6.94. The second-order valence-electron chi connectivity index (χ2n) is 5.02. The Morgan fingerprint density at radius 1 is 1.00 bits per heavy atom. The van der Waals surface area contributed by atoms with Crippen molar-refractivity contribution in [2.24, 2.45) is 0 Å². The van der Waals surface area contributed by atoms with Crippen LogP contribution in [0.4, 0.5) is 5.69 Å². The monoisotopic (exact) mass is 377 g/mol. The van der Waals surface area contributed by atoms with Gasteiger partial charge in [0.25, 0.3) is 5.91 Å². The van der Waals surface area contributed by atoms with Gasteiger partial charge in [-0.1, -0.05) is 29.3 Å². The second-order valence-corrected chi connectivity index (χ2v) is 5.93. The number of hydrogen-bond acceptors (Lipinski definition) is 3. The number of ether oxygens (including phenoxy) is 2. The van der Waals surface area contributed by atoms with Crippen molar-refractivity contribution < 1.29 is 14.3 Å². The number of carbonyl (C=O) groups excluding carboxylic acids is 1. The topological polar surface area (TPSA) is 47.6 Å². The molecular weight excluding hydrogens is 358 g/mol. The van der Waals surface area contributed by atoms with Gasteiger partial charge in [-0.3, -0.25) is 4.79 Å². The lowest BCUT2D eigenvalue weighted by molar-refractivity contribution is -0.118. The highest BCUT2D eigenvalue weighted by molar-refractivity contribution is 9.10. The van der Waals surface area contributed by atoms with Gasteiger partial charge in [0.05, 0.1) is 6.61 Å². The van der Waals surface area contributed by atoms with E-state index >= 15 is 0 Å². The van der Waals surface area contributed by atoms with Crippen LogP contribution in [0, 0.1) is 0 Å². The Morgan fingerprint density at radius 2 is 1.61 bits per heavy atom. The smallest absolute Gasteiger partial charge is 0.262 e. The molecule has 0 fully saturated rings. The summed E-state index contributed by atoms with van der Waals surface area (Å²) in [4.78, 5) is 11.8. The Hall–Kier alpha value is -2.01. The van der Waals surface area contributed by atoms with Gasteiger partial charge >= 0.3 is 0 Å². The summed E-state index contributed by atoms with van der Waals surface area (Å²) < 4.78 is 12.0. The summed E-state index contributed by atoms with van der Waals surface area (Å²) in [7, 11) is 0. The normalized spacial score (nSPS) is 10.2. The maximum absolute atomic E-state index is 11.8. The van der Waals surface area contributed by atoms with Crippen LogP contribution in [0.2, 0.25) is 0 Å². The summed E-state index contributed by atoms with van der Waals surface area (Å²) >= 11 is 3.35. The third-order valence-corrected chi connectivity index (χ3v) is 3.62. The number of halogens is 1. The third kappa shape index (κ3) is 6.32. The minimum atomic E-state index is -0.199. The van der Waals surface area contributed by atoms with Gasteiger partial charge in [0, 0.05) is 10.2 Å². The second kappa shape index (κ2) is 9.20. The zero-order valence-corrected chi connectivity index (χ0v) is 14.6. The standard InChI is InChI=1S/C18H20BrNO3/c1-2-3-12-22-16-8-10-17(11-9-16)23-13-18(21)20-15-6-4-14(19)5-7-15/h4-11H,2-3,12-13H2,1H3,(H,20,21). The molecule has 0 atom stereocenters. The number of rotatable bonds is 8. The van der Waals surface area contributed by atoms with Crippen molar-refractivity contribution in [2.45, 2.75) is 19.8 Å². The number of nitrogens with one attached hydrogen (secondary N) is 1. The number of benzene rings is 2. The van der Waals surface area contributed by atoms with Crippen molar-refractivity contribution in [3.8, 4) is 11.5 Å². The van der Waals surface area contributed by atoms with Crippen LogP contribution in [0.1, 0.15) is 19.8 Å². The highest BCUT2D eigenvalue weighted by Gasteiger charge is 2.04. The number of amides is 1. The summed E-state index contributed by atoms with van der Waals surface area (Å²) in [6.45, 7) is 2.80. The van der Waals surface area contributed by atoms with Gasteiger partial charge in [0.2, 0.25) is 0 Å². The fourth-order valence-corrected chi connectivity index (χ4v) is 2.11. The Morgan fingerprint density at radius 3 is 2.22 bits per heavy atom. The quantitative estimate of drug-likeness (QED) is 0.681. The summed E-state index contributed by atoms with van der Waals surface area (Å²) in [6, 6.07) is 14.7. The first-order valence-corrected chi connectivity index (χ1v) is 8.38. The van der Waals surface area contributed by atoms with Crippen molar-refractivity contribution in [2.75, 3.05) is 18.5 Å². The van der Waals surface area contributed by atoms with E-state index in [1.165, 1.54) is 0 Å². The molecule has 0 saturated heterocycles. The number of anilines is 1. The highest BCUT2D eigenvalue weighted by atomic mass is 79.9. The van der Waals surface area contributed by atoms with Crippen molar-refractivity contribution in [1.82, 2.24) is 0 Å². The lowest BCUT2D eigenvalue weighted by Gasteiger charge is -2.09. The molecule has 5 heteroatoms. The Labute approximate surface area is 144 Å². The highest BCUT2D eigenvalue weighted by Crippen LogP contribution is 2.18. The first-order chi connectivity index (χ1) is 11.2. The molecule has 122 valence electrons. The minimum Gasteiger partial charge on any atom is -0.494 e. The zero-order valence-electron chi connectivity index (χ0n) is 13.0. The lowest BCUT2D eigenvalue weighted by atomic mass is 10.3. The van der Waals surface area contributed by atoms with E-state index in [-0.39, 0.29) is 12.5 Å². The largest absolute Gasteiger partial charge is 0.494 e. The van der Waals surface area contributed by atoms with Crippen LogP contribution >= 0.6 is 15.9 Å². The van der Waals surface area contributed by atoms with E-state index in [2.05, 4.69) is 28.2 Å². The molecule has 1 amide bonds. The van der Waals surface area contributed by atoms with Crippen molar-refractivity contribution >= 4 is 27.5 Å². The van der Waals surface area contributed by atoms with E-state index in [1.54, 1.807) is 12.1 Å². The minimum absolute atomic E-state index is 0.0356. The van der Waals surface area contributed by atoms with E-state index in [0.29, 0.717) is 12.4 Å². The van der Waals surface area contributed by atoms with Crippen LogP contribution in [0.3, 0.4) is 0 Å². The van der Waals surface area contributed by atoms with Crippen LogP contribution in [0.15, 0.2) is 53.0 Å². The zero-order chi connectivity index (χ0) is 16.5. The van der Waals surface area contributed by atoms with Crippen LogP contribution in [-0.4, -0.2) is 19.1 Å². The number of hydrogen-bond donors (Lipinski definition) is 1. The van der Waals surface area contributed by atoms with E-state index in [0.717, 1.165) is 28.8 Å². The number of unbranched alkanes of at least 4 members (excludes halogenated alkanes) is 1. The molecule has 0 aromatic heterocycles. The molecule has 23 heavy (non-hydrogen) atoms. The molecule has 0 aliphatic rings. The molecule has 0 aliphatic heterocycles. The Balaban J connectivity index is 1.76. The van der Waals surface area contributed by atoms with Gasteiger partial charge in [0.1, 0.15) is 11.5 Å². The molecule has 0 heterocycles. The fourth-order valence-electron chi connectivity index (χ4n) is 1.85. The fraction of sp³-hybridized carbons (Fsp3) is 0.278. The maximum atomic E-state index is 11.8. The maximum Gasteiger partial charge on any atom is 0.262 e. The molecule has 0 aliphatic carbocycles. The summed E-state index contributed by atoms with van der Waals surface area (Å²) in [6.07, 6.45) is 2.14. The van der Waals surface area contributed by atoms with Gasteiger partial charge in [0.15, 0.2) is 6.61 Å². The van der Waals surface area contributed by atoms with E-state index in [4.69, 9.17) is 9.47 Å². The van der Waals surface area contributed by atoms with E-state index in [9.17, 15) is 4.79 Å². The average Bonchev–Trinajstić information content (AvgIpc) is 2.56. The van der Waals surface area contributed by atoms with Crippen LogP contribution < -0.4 is 14.8 Å². The van der Waals surface area contributed by atoms with Gasteiger partial charge in [-0.2, -0.15) is 0 Å². The molecule has 0 radical (unpaired) electrons. The molecule has 1 N–H and O–H groups in total.